The fourth-order valence-electron chi connectivity index (χ4n) is 3.50. The van der Waals surface area contributed by atoms with Crippen molar-refractivity contribution in [1.29, 1.82) is 0 Å². The maximum atomic E-state index is 12.2. The Labute approximate surface area is 161 Å². The number of hydrogen-bond donors (Lipinski definition) is 2. The lowest BCUT2D eigenvalue weighted by Gasteiger charge is -2.36. The van der Waals surface area contributed by atoms with Crippen LogP contribution >= 0.6 is 0 Å². The van der Waals surface area contributed by atoms with Crippen LogP contribution in [0.1, 0.15) is 63.0 Å². The molecule has 2 atom stereocenters. The minimum absolute atomic E-state index is 0.156. The fourth-order valence-corrected chi connectivity index (χ4v) is 4.69. The lowest BCUT2D eigenvalue weighted by molar-refractivity contribution is -0.520. The Morgan fingerprint density at radius 3 is 2.41 bits per heavy atom. The molecule has 0 bridgehead atoms. The molecule has 1 aliphatic rings. The van der Waals surface area contributed by atoms with Gasteiger partial charge in [0.05, 0.1) is 6.61 Å². The van der Waals surface area contributed by atoms with Crippen LogP contribution < -0.4 is 0 Å². The Hall–Kier alpha value is -1.03. The molecule has 1 saturated heterocycles. The van der Waals surface area contributed by atoms with Crippen LogP contribution in [0.4, 0.5) is 0 Å². The summed E-state index contributed by atoms with van der Waals surface area (Å²) in [5, 5.41) is 14.8. The normalized spacial score (nSPS) is 24.3. The smallest absolute Gasteiger partial charge is 0.277 e. The topological polar surface area (TPSA) is 102 Å². The summed E-state index contributed by atoms with van der Waals surface area (Å²) in [5.74, 6) is 0. The summed E-state index contributed by atoms with van der Waals surface area (Å²) in [4.78, 5) is 9.33. The van der Waals surface area contributed by atoms with Gasteiger partial charge < -0.3 is 5.11 Å². The van der Waals surface area contributed by atoms with Gasteiger partial charge in [0.1, 0.15) is 12.7 Å². The van der Waals surface area contributed by atoms with Gasteiger partial charge in [-0.2, -0.15) is 8.42 Å². The molecule has 2 N–H and O–H groups in total. The molecule has 2 unspecified atom stereocenters. The molecular formula is C19H30O7S. The zero-order chi connectivity index (χ0) is 19.8. The van der Waals surface area contributed by atoms with Gasteiger partial charge in [-0.3, -0.25) is 4.55 Å². The molecule has 0 aromatic heterocycles. The van der Waals surface area contributed by atoms with Crippen molar-refractivity contribution in [1.82, 2.24) is 0 Å². The van der Waals surface area contributed by atoms with Gasteiger partial charge in [-0.25, -0.2) is 9.78 Å². The molecule has 1 heterocycles. The van der Waals surface area contributed by atoms with Crippen LogP contribution in [0.3, 0.4) is 0 Å². The van der Waals surface area contributed by atoms with Crippen LogP contribution in [0, 0.1) is 0 Å². The highest BCUT2D eigenvalue weighted by Gasteiger charge is 2.51. The fraction of sp³-hybridized carbons (Fsp3) is 0.684. The summed E-state index contributed by atoms with van der Waals surface area (Å²) in [6, 6.07) is 6.98. The van der Waals surface area contributed by atoms with E-state index in [-0.39, 0.29) is 13.0 Å². The second-order valence-corrected chi connectivity index (χ2v) is 8.70. The first-order valence-corrected chi connectivity index (χ1v) is 11.0. The van der Waals surface area contributed by atoms with Crippen molar-refractivity contribution in [3.63, 3.8) is 0 Å². The average Bonchev–Trinajstić information content (AvgIpc) is 2.61. The molecule has 8 heteroatoms. The van der Waals surface area contributed by atoms with Crippen LogP contribution in [0.5, 0.6) is 0 Å². The first kappa shape index (κ1) is 22.3. The summed E-state index contributed by atoms with van der Waals surface area (Å²) in [6.07, 6.45) is 6.49. The number of aliphatic hydroxyl groups is 1. The first-order valence-electron chi connectivity index (χ1n) is 9.57. The van der Waals surface area contributed by atoms with E-state index >= 15 is 0 Å². The predicted molar refractivity (Wildman–Crippen MR) is 100 cm³/mol. The van der Waals surface area contributed by atoms with E-state index in [9.17, 15) is 18.1 Å². The molecule has 0 radical (unpaired) electrons. The highest BCUT2D eigenvalue weighted by atomic mass is 32.2. The summed E-state index contributed by atoms with van der Waals surface area (Å²) in [7, 11) is -4.64. The quantitative estimate of drug-likeness (QED) is 0.371. The van der Waals surface area contributed by atoms with E-state index in [2.05, 4.69) is 16.8 Å². The number of aliphatic hydroxyl groups excluding tert-OH is 1. The van der Waals surface area contributed by atoms with E-state index in [4.69, 9.17) is 4.89 Å². The van der Waals surface area contributed by atoms with Gasteiger partial charge in [-0.1, -0.05) is 68.3 Å². The van der Waals surface area contributed by atoms with Crippen molar-refractivity contribution in [3.8, 4) is 0 Å². The molecule has 0 aliphatic carbocycles. The van der Waals surface area contributed by atoms with Gasteiger partial charge in [-0.15, -0.1) is 0 Å². The third kappa shape index (κ3) is 5.73. The number of aryl methyl sites for hydroxylation is 1. The number of unbranched alkanes of at least 4 members (excludes halogenated alkanes) is 5. The third-order valence-corrected chi connectivity index (χ3v) is 6.77. The summed E-state index contributed by atoms with van der Waals surface area (Å²) in [5.41, 5.74) is 1.40. The second kappa shape index (κ2) is 10.5. The standard InChI is InChI=1S/C19H30O7S/c1-2-3-4-5-6-7-8-16-9-11-17(12-10-16)19(27(21,22)23)13-14-24-26-25-15-18(19)20/h9-12,18,20H,2-8,13-15H2,1H3,(H,21,22,23). The zero-order valence-electron chi connectivity index (χ0n) is 15.8. The minimum atomic E-state index is -4.64. The molecule has 2 rings (SSSR count). The number of benzene rings is 1. The molecule has 27 heavy (non-hydrogen) atoms. The lowest BCUT2D eigenvalue weighted by Crippen LogP contribution is -2.50. The van der Waals surface area contributed by atoms with Crippen LogP contribution in [0.25, 0.3) is 0 Å². The number of hydrogen-bond acceptors (Lipinski definition) is 6. The van der Waals surface area contributed by atoms with Crippen molar-refractivity contribution in [2.75, 3.05) is 13.2 Å². The highest BCUT2D eigenvalue weighted by molar-refractivity contribution is 7.86. The summed E-state index contributed by atoms with van der Waals surface area (Å²) < 4.78 is 32.4. The van der Waals surface area contributed by atoms with E-state index in [1.807, 2.05) is 12.1 Å². The van der Waals surface area contributed by atoms with Crippen molar-refractivity contribution >= 4 is 10.1 Å². The maximum Gasteiger partial charge on any atom is 0.277 e. The predicted octanol–water partition coefficient (Wildman–Crippen LogP) is 3.32. The third-order valence-electron chi connectivity index (χ3n) is 5.14. The molecule has 1 aromatic carbocycles. The van der Waals surface area contributed by atoms with Crippen molar-refractivity contribution in [2.45, 2.75) is 69.1 Å². The van der Waals surface area contributed by atoms with E-state index in [1.54, 1.807) is 12.1 Å². The molecule has 0 saturated carbocycles. The van der Waals surface area contributed by atoms with Crippen LogP contribution in [-0.4, -0.2) is 37.4 Å². The van der Waals surface area contributed by atoms with E-state index < -0.39 is 27.6 Å². The average molecular weight is 403 g/mol. The van der Waals surface area contributed by atoms with E-state index in [0.717, 1.165) is 18.4 Å². The summed E-state index contributed by atoms with van der Waals surface area (Å²) in [6.45, 7) is 1.59. The SMILES string of the molecule is CCCCCCCCc1ccc(C2(S(=O)(=O)O)CCOOOCC2O)cc1. The lowest BCUT2D eigenvalue weighted by atomic mass is 9.88. The Morgan fingerprint density at radius 1 is 1.07 bits per heavy atom. The molecule has 154 valence electrons. The van der Waals surface area contributed by atoms with E-state index in [1.165, 1.54) is 32.1 Å². The van der Waals surface area contributed by atoms with Crippen LogP contribution in [0.2, 0.25) is 0 Å². The monoisotopic (exact) mass is 402 g/mol. The van der Waals surface area contributed by atoms with Crippen LogP contribution in [0.15, 0.2) is 24.3 Å². The van der Waals surface area contributed by atoms with Crippen molar-refractivity contribution in [3.05, 3.63) is 35.4 Å². The van der Waals surface area contributed by atoms with Crippen LogP contribution in [-0.2, 0) is 36.1 Å². The van der Waals surface area contributed by atoms with Gasteiger partial charge >= 0.3 is 0 Å². The molecule has 1 fully saturated rings. The Kier molecular flexibility index (Phi) is 8.65. The molecular weight excluding hydrogens is 372 g/mol. The minimum Gasteiger partial charge on any atom is -0.388 e. The molecule has 0 spiro atoms. The second-order valence-electron chi connectivity index (χ2n) is 7.02. The van der Waals surface area contributed by atoms with E-state index in [0.29, 0.717) is 5.56 Å². The van der Waals surface area contributed by atoms with Gasteiger partial charge in [0.15, 0.2) is 4.75 Å². The number of rotatable bonds is 9. The highest BCUT2D eigenvalue weighted by Crippen LogP contribution is 2.38. The van der Waals surface area contributed by atoms with Crippen molar-refractivity contribution < 1.29 is 32.9 Å². The molecule has 1 aliphatic heterocycles. The zero-order valence-corrected chi connectivity index (χ0v) is 16.6. The summed E-state index contributed by atoms with van der Waals surface area (Å²) >= 11 is 0. The van der Waals surface area contributed by atoms with Gasteiger partial charge in [0.2, 0.25) is 0 Å². The van der Waals surface area contributed by atoms with Crippen molar-refractivity contribution in [2.24, 2.45) is 0 Å². The Bertz CT molecular complexity index is 659. The molecule has 0 amide bonds. The Balaban J connectivity index is 2.11. The first-order chi connectivity index (χ1) is 12.9. The maximum absolute atomic E-state index is 12.2. The van der Waals surface area contributed by atoms with Gasteiger partial charge in [0, 0.05) is 6.42 Å². The van der Waals surface area contributed by atoms with Gasteiger partial charge in [-0.05, 0) is 24.0 Å². The van der Waals surface area contributed by atoms with Gasteiger partial charge in [0.25, 0.3) is 10.1 Å². The Morgan fingerprint density at radius 2 is 1.74 bits per heavy atom. The largest absolute Gasteiger partial charge is 0.388 e. The molecule has 7 nitrogen and oxygen atoms in total. The molecule has 1 aromatic rings.